The number of carboxylic acids is 1. The van der Waals surface area contributed by atoms with Crippen LogP contribution in [-0.2, 0) is 16.0 Å². The average Bonchev–Trinajstić information content (AvgIpc) is 2.45. The molecule has 1 saturated heterocycles. The molecule has 4 atom stereocenters. The Morgan fingerprint density at radius 3 is 3.00 bits per heavy atom. The van der Waals surface area contributed by atoms with Crippen LogP contribution in [0.15, 0.2) is 18.2 Å². The van der Waals surface area contributed by atoms with Crippen LogP contribution in [0.5, 0.6) is 5.75 Å². The summed E-state index contributed by atoms with van der Waals surface area (Å²) in [6.07, 6.45) is 1.36. The van der Waals surface area contributed by atoms with Crippen molar-refractivity contribution in [2.24, 2.45) is 0 Å². The predicted octanol–water partition coefficient (Wildman–Crippen LogP) is 1.51. The molecule has 0 bridgehead atoms. The minimum atomic E-state index is -0.850. The number of hydrogen-bond donors (Lipinski definition) is 2. The van der Waals surface area contributed by atoms with Gasteiger partial charge in [-0.2, -0.15) is 0 Å². The summed E-state index contributed by atoms with van der Waals surface area (Å²) in [5, 5.41) is 12.4. The summed E-state index contributed by atoms with van der Waals surface area (Å²) in [4.78, 5) is 11.2. The first-order chi connectivity index (χ1) is 9.60. The molecule has 0 spiro atoms. The van der Waals surface area contributed by atoms with Gasteiger partial charge >= 0.3 is 5.97 Å². The fourth-order valence-electron chi connectivity index (χ4n) is 3.17. The molecule has 108 valence electrons. The molecular weight excluding hydrogens is 258 g/mol. The molecule has 2 aliphatic rings. The Labute approximate surface area is 117 Å². The van der Waals surface area contributed by atoms with E-state index in [1.807, 2.05) is 18.2 Å². The van der Waals surface area contributed by atoms with E-state index < -0.39 is 12.0 Å². The molecule has 1 fully saturated rings. The highest BCUT2D eigenvalue weighted by Gasteiger charge is 2.41. The monoisotopic (exact) mass is 277 g/mol. The number of carbonyl (C=O) groups is 1. The Hall–Kier alpha value is -1.59. The molecule has 5 nitrogen and oxygen atoms in total. The quantitative estimate of drug-likeness (QED) is 0.857. The van der Waals surface area contributed by atoms with E-state index in [1.165, 1.54) is 5.56 Å². The normalized spacial score (nSPS) is 32.1. The molecule has 1 aromatic rings. The van der Waals surface area contributed by atoms with Gasteiger partial charge in [-0.15, -0.1) is 0 Å². The van der Waals surface area contributed by atoms with Gasteiger partial charge in [0.2, 0.25) is 0 Å². The number of rotatable bonds is 2. The van der Waals surface area contributed by atoms with Gasteiger partial charge in [-0.05, 0) is 43.0 Å². The Morgan fingerprint density at radius 1 is 1.50 bits per heavy atom. The summed E-state index contributed by atoms with van der Waals surface area (Å²) >= 11 is 0. The second-order valence-corrected chi connectivity index (χ2v) is 5.45. The van der Waals surface area contributed by atoms with Gasteiger partial charge in [0, 0.05) is 6.04 Å². The van der Waals surface area contributed by atoms with Crippen molar-refractivity contribution >= 4 is 5.97 Å². The molecule has 3 rings (SSSR count). The van der Waals surface area contributed by atoms with Gasteiger partial charge in [-0.3, -0.25) is 10.1 Å². The lowest BCUT2D eigenvalue weighted by molar-refractivity contribution is -0.153. The SMILES string of the molecule is COc1ccc2c(c1)CCC1NC(C(=O)O)C(C)OC21. The van der Waals surface area contributed by atoms with E-state index in [9.17, 15) is 9.90 Å². The van der Waals surface area contributed by atoms with E-state index in [0.717, 1.165) is 24.2 Å². The zero-order chi connectivity index (χ0) is 14.3. The van der Waals surface area contributed by atoms with Crippen molar-refractivity contribution in [1.82, 2.24) is 5.32 Å². The molecule has 5 heteroatoms. The number of carboxylic acid groups (broad SMARTS) is 1. The molecule has 0 saturated carbocycles. The van der Waals surface area contributed by atoms with Crippen molar-refractivity contribution in [3.8, 4) is 5.75 Å². The van der Waals surface area contributed by atoms with E-state index in [0.29, 0.717) is 0 Å². The molecule has 2 N–H and O–H groups in total. The number of morpholine rings is 1. The summed E-state index contributed by atoms with van der Waals surface area (Å²) in [6, 6.07) is 5.44. The smallest absolute Gasteiger partial charge is 0.323 e. The van der Waals surface area contributed by atoms with Gasteiger partial charge in [0.1, 0.15) is 11.8 Å². The summed E-state index contributed by atoms with van der Waals surface area (Å²) in [5.74, 6) is -0.00101. The van der Waals surface area contributed by atoms with Gasteiger partial charge in [-0.25, -0.2) is 0 Å². The summed E-state index contributed by atoms with van der Waals surface area (Å²) in [6.45, 7) is 1.81. The molecule has 0 radical (unpaired) electrons. The van der Waals surface area contributed by atoms with Crippen molar-refractivity contribution in [2.75, 3.05) is 7.11 Å². The molecule has 1 aliphatic carbocycles. The third-order valence-corrected chi connectivity index (χ3v) is 4.24. The molecule has 1 aliphatic heterocycles. The first-order valence-corrected chi connectivity index (χ1v) is 6.91. The van der Waals surface area contributed by atoms with Crippen LogP contribution in [0.4, 0.5) is 0 Å². The van der Waals surface area contributed by atoms with E-state index in [2.05, 4.69) is 5.32 Å². The maximum absolute atomic E-state index is 11.2. The number of benzene rings is 1. The van der Waals surface area contributed by atoms with E-state index >= 15 is 0 Å². The highest BCUT2D eigenvalue weighted by Crippen LogP contribution is 2.38. The molecule has 0 aromatic heterocycles. The maximum atomic E-state index is 11.2. The fourth-order valence-corrected chi connectivity index (χ4v) is 3.17. The highest BCUT2D eigenvalue weighted by atomic mass is 16.5. The van der Waals surface area contributed by atoms with Crippen LogP contribution in [0.25, 0.3) is 0 Å². The van der Waals surface area contributed by atoms with E-state index in [4.69, 9.17) is 9.47 Å². The topological polar surface area (TPSA) is 67.8 Å². The zero-order valence-electron chi connectivity index (χ0n) is 11.6. The average molecular weight is 277 g/mol. The van der Waals surface area contributed by atoms with Crippen LogP contribution in [-0.4, -0.2) is 36.4 Å². The predicted molar refractivity (Wildman–Crippen MR) is 73.0 cm³/mol. The minimum Gasteiger partial charge on any atom is -0.497 e. The van der Waals surface area contributed by atoms with Crippen LogP contribution < -0.4 is 10.1 Å². The Balaban J connectivity index is 1.89. The van der Waals surface area contributed by atoms with E-state index in [1.54, 1.807) is 14.0 Å². The lowest BCUT2D eigenvalue weighted by Crippen LogP contribution is -2.58. The number of ether oxygens (including phenoxy) is 2. The van der Waals surface area contributed by atoms with Gasteiger partial charge in [0.15, 0.2) is 0 Å². The molecule has 0 amide bonds. The number of nitrogens with one attached hydrogen (secondary N) is 1. The molecule has 4 unspecified atom stereocenters. The van der Waals surface area contributed by atoms with Crippen molar-refractivity contribution in [3.63, 3.8) is 0 Å². The standard InChI is InChI=1S/C15H19NO4/c1-8-13(15(17)18)16-12-6-3-9-7-10(19-2)4-5-11(9)14(12)20-8/h4-5,7-8,12-14,16H,3,6H2,1-2H3,(H,17,18). The van der Waals surface area contributed by atoms with Crippen LogP contribution in [0, 0.1) is 0 Å². The Morgan fingerprint density at radius 2 is 2.30 bits per heavy atom. The molecule has 20 heavy (non-hydrogen) atoms. The van der Waals surface area contributed by atoms with Gasteiger partial charge < -0.3 is 14.6 Å². The Kier molecular flexibility index (Phi) is 3.40. The van der Waals surface area contributed by atoms with Crippen LogP contribution in [0.2, 0.25) is 0 Å². The number of aliphatic carboxylic acids is 1. The second kappa shape index (κ2) is 5.07. The lowest BCUT2D eigenvalue weighted by Gasteiger charge is -2.43. The van der Waals surface area contributed by atoms with Crippen molar-refractivity contribution < 1.29 is 19.4 Å². The first kappa shape index (κ1) is 13.4. The van der Waals surface area contributed by atoms with Crippen molar-refractivity contribution in [2.45, 2.75) is 44.1 Å². The maximum Gasteiger partial charge on any atom is 0.323 e. The van der Waals surface area contributed by atoms with Gasteiger partial charge in [-0.1, -0.05) is 6.07 Å². The lowest BCUT2D eigenvalue weighted by atomic mass is 9.83. The van der Waals surface area contributed by atoms with Crippen LogP contribution in [0.1, 0.15) is 30.6 Å². The summed E-state index contributed by atoms with van der Waals surface area (Å²) in [5.41, 5.74) is 2.37. The first-order valence-electron chi connectivity index (χ1n) is 6.91. The fraction of sp³-hybridized carbons (Fsp3) is 0.533. The van der Waals surface area contributed by atoms with Gasteiger partial charge in [0.05, 0.1) is 19.3 Å². The van der Waals surface area contributed by atoms with E-state index in [-0.39, 0.29) is 18.2 Å². The highest BCUT2D eigenvalue weighted by molar-refractivity contribution is 5.74. The number of aryl methyl sites for hydroxylation is 1. The third kappa shape index (κ3) is 2.17. The summed E-state index contributed by atoms with van der Waals surface area (Å²) < 4.78 is 11.2. The van der Waals surface area contributed by atoms with Gasteiger partial charge in [0.25, 0.3) is 0 Å². The third-order valence-electron chi connectivity index (χ3n) is 4.24. The largest absolute Gasteiger partial charge is 0.497 e. The Bertz CT molecular complexity index is 531. The minimum absolute atomic E-state index is 0.0631. The molecular formula is C15H19NO4. The number of methoxy groups -OCH3 is 1. The van der Waals surface area contributed by atoms with Crippen LogP contribution >= 0.6 is 0 Å². The number of fused-ring (bicyclic) bond motifs is 3. The van der Waals surface area contributed by atoms with Crippen molar-refractivity contribution in [3.05, 3.63) is 29.3 Å². The van der Waals surface area contributed by atoms with Crippen LogP contribution in [0.3, 0.4) is 0 Å². The summed E-state index contributed by atoms with van der Waals surface area (Å²) in [7, 11) is 1.66. The zero-order valence-corrected chi connectivity index (χ0v) is 11.6. The molecule has 1 aromatic carbocycles. The molecule has 1 heterocycles. The second-order valence-electron chi connectivity index (χ2n) is 5.45. The van der Waals surface area contributed by atoms with Crippen molar-refractivity contribution in [1.29, 1.82) is 0 Å². The number of hydrogen-bond acceptors (Lipinski definition) is 4.